The minimum absolute atomic E-state index is 0.305. The van der Waals surface area contributed by atoms with Gasteiger partial charge in [-0.05, 0) is 117 Å². The van der Waals surface area contributed by atoms with Gasteiger partial charge in [0.1, 0.15) is 0 Å². The van der Waals surface area contributed by atoms with Crippen LogP contribution in [0.2, 0.25) is 0 Å². The van der Waals surface area contributed by atoms with Crippen LogP contribution in [0.1, 0.15) is 0 Å². The van der Waals surface area contributed by atoms with Crippen LogP contribution in [0.25, 0.3) is 44.5 Å². The molecule has 1 heterocycles. The molecule has 0 saturated heterocycles. The Morgan fingerprint density at radius 1 is 0.305 bits per heavy atom. The molecule has 0 amide bonds. The van der Waals surface area contributed by atoms with Crippen molar-refractivity contribution in [2.24, 2.45) is 0 Å². The molecule has 4 nitrogen and oxygen atoms in total. The molecule has 0 aliphatic carbocycles. The van der Waals surface area contributed by atoms with Crippen LogP contribution >= 0.6 is 0 Å². The van der Waals surface area contributed by atoms with Gasteiger partial charge in [-0.1, -0.05) is 158 Å². The average Bonchev–Trinajstić information content (AvgIpc) is 3.31. The van der Waals surface area contributed by atoms with E-state index in [0.717, 1.165) is 45.0 Å². The molecule has 0 saturated carbocycles. The lowest BCUT2D eigenvalue weighted by Crippen LogP contribution is -2.22. The third-order valence-electron chi connectivity index (χ3n) is 11.0. The topological polar surface area (TPSA) is 40.6 Å². The largest absolute Gasteiger partial charge is 0.311 e. The van der Waals surface area contributed by atoms with Gasteiger partial charge in [0.15, 0.2) is 0 Å². The van der Waals surface area contributed by atoms with Crippen molar-refractivity contribution < 1.29 is 8.42 Å². The predicted molar refractivity (Wildman–Crippen MR) is 243 cm³/mol. The van der Waals surface area contributed by atoms with Gasteiger partial charge in [0.05, 0.1) is 21.2 Å². The Kier molecular flexibility index (Phi) is 9.21. The van der Waals surface area contributed by atoms with Crippen LogP contribution < -0.4 is 9.80 Å². The number of sulfone groups is 1. The predicted octanol–water partition coefficient (Wildman–Crippen LogP) is 14.4. The fourth-order valence-corrected chi connectivity index (χ4v) is 9.68. The van der Waals surface area contributed by atoms with E-state index in [-0.39, 0.29) is 0 Å². The van der Waals surface area contributed by atoms with Gasteiger partial charge in [0.25, 0.3) is 0 Å². The molecule has 0 atom stereocenters. The van der Waals surface area contributed by atoms with Gasteiger partial charge in [0.2, 0.25) is 9.84 Å². The minimum atomic E-state index is -3.65. The van der Waals surface area contributed by atoms with E-state index in [0.29, 0.717) is 21.2 Å². The van der Waals surface area contributed by atoms with Crippen LogP contribution in [0.15, 0.2) is 240 Å². The first-order chi connectivity index (χ1) is 29.0. The summed E-state index contributed by atoms with van der Waals surface area (Å²) in [7, 11) is -3.65. The van der Waals surface area contributed by atoms with Crippen LogP contribution in [-0.2, 0) is 9.84 Å². The van der Waals surface area contributed by atoms with Gasteiger partial charge >= 0.3 is 0 Å². The van der Waals surface area contributed by atoms with Crippen LogP contribution in [0.5, 0.6) is 0 Å². The number of rotatable bonds is 8. The van der Waals surface area contributed by atoms with Crippen molar-refractivity contribution in [1.82, 2.24) is 0 Å². The number of para-hydroxylation sites is 2. The highest BCUT2D eigenvalue weighted by atomic mass is 32.2. The van der Waals surface area contributed by atoms with E-state index in [1.165, 1.54) is 22.3 Å². The Hall–Kier alpha value is -7.47. The summed E-state index contributed by atoms with van der Waals surface area (Å²) < 4.78 is 27.3. The van der Waals surface area contributed by atoms with E-state index in [1.807, 2.05) is 53.4 Å². The van der Waals surface area contributed by atoms with Gasteiger partial charge in [-0.15, -0.1) is 0 Å². The molecule has 282 valence electrons. The molecule has 0 aromatic heterocycles. The normalized spacial score (nSPS) is 12.6. The summed E-state index contributed by atoms with van der Waals surface area (Å²) in [5.41, 5.74) is 14.4. The third-order valence-corrected chi connectivity index (χ3v) is 12.9. The van der Waals surface area contributed by atoms with Crippen LogP contribution in [0.3, 0.4) is 0 Å². The van der Waals surface area contributed by atoms with Gasteiger partial charge in [0, 0.05) is 22.7 Å². The second-order valence-electron chi connectivity index (χ2n) is 14.6. The lowest BCUT2D eigenvalue weighted by atomic mass is 10.00. The van der Waals surface area contributed by atoms with Crippen molar-refractivity contribution in [1.29, 1.82) is 0 Å². The number of nitrogens with zero attached hydrogens (tertiary/aromatic N) is 2. The van der Waals surface area contributed by atoms with Gasteiger partial charge in [-0.25, -0.2) is 8.42 Å². The summed E-state index contributed by atoms with van der Waals surface area (Å²) in [6.45, 7) is 0. The Morgan fingerprint density at radius 2 is 0.627 bits per heavy atom. The first-order valence-corrected chi connectivity index (χ1v) is 21.1. The molecular formula is C54H38N2O2S. The molecule has 0 spiro atoms. The van der Waals surface area contributed by atoms with Crippen LogP contribution in [-0.4, -0.2) is 8.42 Å². The molecule has 0 radical (unpaired) electrons. The van der Waals surface area contributed by atoms with E-state index >= 15 is 0 Å². The van der Waals surface area contributed by atoms with Crippen LogP contribution in [0.4, 0.5) is 34.1 Å². The zero-order valence-electron chi connectivity index (χ0n) is 32.1. The maximum absolute atomic E-state index is 13.6. The highest BCUT2D eigenvalue weighted by Gasteiger charge is 2.34. The maximum atomic E-state index is 13.6. The fraction of sp³-hybridized carbons (Fsp3) is 0. The van der Waals surface area contributed by atoms with E-state index in [2.05, 4.69) is 163 Å². The van der Waals surface area contributed by atoms with E-state index in [1.54, 1.807) is 24.3 Å². The summed E-state index contributed by atoms with van der Waals surface area (Å²) in [4.78, 5) is 4.95. The van der Waals surface area contributed by atoms with E-state index in [9.17, 15) is 8.42 Å². The van der Waals surface area contributed by atoms with Crippen LogP contribution in [0, 0.1) is 0 Å². The molecule has 0 bridgehead atoms. The zero-order chi connectivity index (χ0) is 39.8. The van der Waals surface area contributed by atoms with Crippen molar-refractivity contribution in [2.45, 2.75) is 9.79 Å². The second-order valence-corrected chi connectivity index (χ2v) is 16.5. The Bertz CT molecular complexity index is 2970. The molecular weight excluding hydrogens is 741 g/mol. The Balaban J connectivity index is 0.991. The molecule has 10 rings (SSSR count). The van der Waals surface area contributed by atoms with Gasteiger partial charge in [-0.3, -0.25) is 0 Å². The summed E-state index contributed by atoms with van der Waals surface area (Å²) in [6.07, 6.45) is 0. The number of hydrogen-bond donors (Lipinski definition) is 0. The molecule has 1 aliphatic heterocycles. The minimum Gasteiger partial charge on any atom is -0.311 e. The fourth-order valence-electron chi connectivity index (χ4n) is 8.06. The monoisotopic (exact) mass is 778 g/mol. The molecule has 0 fully saturated rings. The lowest BCUT2D eigenvalue weighted by molar-refractivity contribution is 0.595. The van der Waals surface area contributed by atoms with Crippen molar-refractivity contribution in [3.05, 3.63) is 231 Å². The number of anilines is 6. The highest BCUT2D eigenvalue weighted by molar-refractivity contribution is 7.92. The SMILES string of the molecule is O=S1(=O)c2ccccc2N(c2cccc(-c3ccc(N(c4ccc(-c5ccccc5)cc4)c4ccc(-c5ccc(-c6ccccc6)cc5)cc4)cc3)c2)c2ccccc21. The van der Waals surface area contributed by atoms with Crippen molar-refractivity contribution in [2.75, 3.05) is 9.80 Å². The molecule has 1 aliphatic rings. The molecule has 9 aromatic rings. The Labute approximate surface area is 345 Å². The summed E-state index contributed by atoms with van der Waals surface area (Å²) in [5, 5.41) is 0. The van der Waals surface area contributed by atoms with Crippen molar-refractivity contribution in [3.8, 4) is 44.5 Å². The Morgan fingerprint density at radius 3 is 1.05 bits per heavy atom. The third kappa shape index (κ3) is 6.78. The number of benzene rings is 9. The summed E-state index contributed by atoms with van der Waals surface area (Å²) in [5.74, 6) is 0. The summed E-state index contributed by atoms with van der Waals surface area (Å²) >= 11 is 0. The molecule has 59 heavy (non-hydrogen) atoms. The summed E-state index contributed by atoms with van der Waals surface area (Å²) in [6, 6.07) is 78.6. The smallest absolute Gasteiger partial charge is 0.210 e. The molecule has 0 unspecified atom stereocenters. The first kappa shape index (κ1) is 35.9. The number of hydrogen-bond acceptors (Lipinski definition) is 4. The maximum Gasteiger partial charge on any atom is 0.210 e. The van der Waals surface area contributed by atoms with Crippen molar-refractivity contribution in [3.63, 3.8) is 0 Å². The number of fused-ring (bicyclic) bond motifs is 2. The van der Waals surface area contributed by atoms with E-state index < -0.39 is 9.84 Å². The first-order valence-electron chi connectivity index (χ1n) is 19.7. The molecule has 0 N–H and O–H groups in total. The highest BCUT2D eigenvalue weighted by Crippen LogP contribution is 2.48. The van der Waals surface area contributed by atoms with Crippen molar-refractivity contribution >= 4 is 44.0 Å². The van der Waals surface area contributed by atoms with Gasteiger partial charge < -0.3 is 9.80 Å². The zero-order valence-corrected chi connectivity index (χ0v) is 32.9. The molecule has 5 heteroatoms. The molecule has 9 aromatic carbocycles. The second kappa shape index (κ2) is 15.1. The van der Waals surface area contributed by atoms with Gasteiger partial charge in [-0.2, -0.15) is 0 Å². The average molecular weight is 779 g/mol. The standard InChI is InChI=1S/C54H38N2O2S/c57-59(58)53-20-9-7-18-51(53)56(52-19-8-10-21-54(52)59)50-17-11-16-46(38-50)45-30-36-49(37-31-45)55(47-32-26-43(27-33-47)40-14-5-2-6-15-40)48-34-28-44(29-35-48)42-24-22-41(23-25-42)39-12-3-1-4-13-39/h1-38H. The quantitative estimate of drug-likeness (QED) is 0.154. The van der Waals surface area contributed by atoms with E-state index in [4.69, 9.17) is 0 Å². The lowest BCUT2D eigenvalue weighted by Gasteiger charge is -2.33.